The Balaban J connectivity index is 1.40. The Morgan fingerprint density at radius 2 is 2.06 bits per heavy atom. The number of carboxylic acids is 1. The second kappa shape index (κ2) is 11.1. The summed E-state index contributed by atoms with van der Waals surface area (Å²) in [6, 6.07) is 11.4. The van der Waals surface area contributed by atoms with Gasteiger partial charge in [-0.25, -0.2) is 4.98 Å². The van der Waals surface area contributed by atoms with E-state index in [-0.39, 0.29) is 6.42 Å². The molecule has 0 saturated carbocycles. The van der Waals surface area contributed by atoms with Crippen LogP contribution in [0.4, 0.5) is 5.13 Å². The second-order valence-corrected chi connectivity index (χ2v) is 10.9. The molecule has 2 heterocycles. The van der Waals surface area contributed by atoms with Gasteiger partial charge in [0, 0.05) is 37.2 Å². The summed E-state index contributed by atoms with van der Waals surface area (Å²) in [5, 5.41) is 11.3. The predicted molar refractivity (Wildman–Crippen MR) is 140 cm³/mol. The molecule has 0 bridgehead atoms. The van der Waals surface area contributed by atoms with E-state index in [1.165, 1.54) is 0 Å². The van der Waals surface area contributed by atoms with Gasteiger partial charge in [-0.15, -0.1) is 0 Å². The molecule has 4 rings (SSSR count). The lowest BCUT2D eigenvalue weighted by Gasteiger charge is -2.42. The Hall–Kier alpha value is -2.06. The van der Waals surface area contributed by atoms with Gasteiger partial charge in [0.2, 0.25) is 0 Å². The molecule has 9 heteroatoms. The summed E-state index contributed by atoms with van der Waals surface area (Å²) in [6.07, 6.45) is 1.03. The van der Waals surface area contributed by atoms with Crippen LogP contribution in [-0.2, 0) is 11.2 Å². The first-order valence-electron chi connectivity index (χ1n) is 11.5. The first-order valence-corrected chi connectivity index (χ1v) is 13.0. The number of thiazole rings is 1. The number of aliphatic carboxylic acids is 1. The van der Waals surface area contributed by atoms with Crippen LogP contribution in [0.2, 0.25) is 10.0 Å². The van der Waals surface area contributed by atoms with E-state index in [1.807, 2.05) is 18.2 Å². The normalized spacial score (nSPS) is 17.0. The zero-order valence-electron chi connectivity index (χ0n) is 19.3. The zero-order valence-corrected chi connectivity index (χ0v) is 21.7. The van der Waals surface area contributed by atoms with Gasteiger partial charge in [-0.3, -0.25) is 9.69 Å². The lowest BCUT2D eigenvalue weighted by molar-refractivity contribution is -0.136. The maximum absolute atomic E-state index is 11.0. The van der Waals surface area contributed by atoms with Crippen LogP contribution in [0.5, 0.6) is 5.75 Å². The molecule has 1 N–H and O–H groups in total. The highest BCUT2D eigenvalue weighted by atomic mass is 35.5. The van der Waals surface area contributed by atoms with Gasteiger partial charge >= 0.3 is 5.97 Å². The molecule has 1 aliphatic heterocycles. The number of aromatic nitrogens is 1. The van der Waals surface area contributed by atoms with Gasteiger partial charge in [0.15, 0.2) is 5.13 Å². The van der Waals surface area contributed by atoms with Gasteiger partial charge in [0.25, 0.3) is 0 Å². The highest BCUT2D eigenvalue weighted by Crippen LogP contribution is 2.32. The molecule has 6 nitrogen and oxygen atoms in total. The molecule has 0 amide bonds. The first-order chi connectivity index (χ1) is 16.3. The Labute approximate surface area is 214 Å². The third-order valence-corrected chi connectivity index (χ3v) is 7.57. The summed E-state index contributed by atoms with van der Waals surface area (Å²) in [4.78, 5) is 20.7. The van der Waals surface area contributed by atoms with E-state index in [4.69, 9.17) is 38.0 Å². The number of halogens is 2. The number of ether oxygens (including phenoxy) is 1. The highest BCUT2D eigenvalue weighted by molar-refractivity contribution is 7.22. The van der Waals surface area contributed by atoms with E-state index in [0.717, 1.165) is 53.0 Å². The van der Waals surface area contributed by atoms with Crippen molar-refractivity contribution in [2.75, 3.05) is 37.7 Å². The summed E-state index contributed by atoms with van der Waals surface area (Å²) in [5.41, 5.74) is 1.66. The summed E-state index contributed by atoms with van der Waals surface area (Å²) in [7, 11) is 0. The van der Waals surface area contributed by atoms with E-state index in [1.54, 1.807) is 29.5 Å². The summed E-state index contributed by atoms with van der Waals surface area (Å²) >= 11 is 14.1. The van der Waals surface area contributed by atoms with Gasteiger partial charge in [-0.1, -0.05) is 54.5 Å². The molecule has 0 unspecified atom stereocenters. The molecule has 1 aliphatic rings. The Bertz CT molecular complexity index is 1150. The van der Waals surface area contributed by atoms with Gasteiger partial charge in [0.1, 0.15) is 12.4 Å². The van der Waals surface area contributed by atoms with E-state index in [0.29, 0.717) is 34.9 Å². The van der Waals surface area contributed by atoms with Crippen molar-refractivity contribution < 1.29 is 14.6 Å². The smallest absolute Gasteiger partial charge is 0.307 e. The molecule has 1 saturated heterocycles. The van der Waals surface area contributed by atoms with Crippen LogP contribution in [0.25, 0.3) is 10.2 Å². The van der Waals surface area contributed by atoms with Crippen molar-refractivity contribution in [3.05, 3.63) is 52.0 Å². The number of benzene rings is 2. The van der Waals surface area contributed by atoms with Gasteiger partial charge < -0.3 is 14.7 Å². The zero-order chi connectivity index (χ0) is 24.2. The SMILES string of the molecule is CC(C)C[C@H]1CN(c2nc3ccc(Cl)cc3s2)CCN1CCOc1cc(CC(=O)O)ccc1Cl. The maximum atomic E-state index is 11.0. The minimum absolute atomic E-state index is 0.0517. The summed E-state index contributed by atoms with van der Waals surface area (Å²) in [6.45, 7) is 8.51. The number of hydrogen-bond donors (Lipinski definition) is 1. The van der Waals surface area contributed by atoms with Gasteiger partial charge in [-0.2, -0.15) is 0 Å². The molecule has 0 radical (unpaired) electrons. The summed E-state index contributed by atoms with van der Waals surface area (Å²) < 4.78 is 7.09. The van der Waals surface area contributed by atoms with Crippen molar-refractivity contribution in [2.45, 2.75) is 32.7 Å². The van der Waals surface area contributed by atoms with Crippen molar-refractivity contribution in [3.8, 4) is 5.75 Å². The van der Waals surface area contributed by atoms with Crippen LogP contribution in [0.15, 0.2) is 36.4 Å². The first kappa shape index (κ1) is 25.0. The Morgan fingerprint density at radius 3 is 2.82 bits per heavy atom. The molecule has 2 aromatic carbocycles. The molecular formula is C25H29Cl2N3O3S. The van der Waals surface area contributed by atoms with Crippen LogP contribution in [0.3, 0.4) is 0 Å². The van der Waals surface area contributed by atoms with Crippen LogP contribution >= 0.6 is 34.5 Å². The molecule has 0 spiro atoms. The Morgan fingerprint density at radius 1 is 1.24 bits per heavy atom. The molecule has 3 aromatic rings. The minimum atomic E-state index is -0.876. The quantitative estimate of drug-likeness (QED) is 0.381. The van der Waals surface area contributed by atoms with Crippen molar-refractivity contribution in [1.29, 1.82) is 0 Å². The van der Waals surface area contributed by atoms with Gasteiger partial charge in [-0.05, 0) is 48.2 Å². The van der Waals surface area contributed by atoms with Crippen molar-refractivity contribution in [2.24, 2.45) is 5.92 Å². The molecule has 1 atom stereocenters. The number of fused-ring (bicyclic) bond motifs is 1. The number of nitrogens with zero attached hydrogens (tertiary/aromatic N) is 3. The summed E-state index contributed by atoms with van der Waals surface area (Å²) in [5.74, 6) is 0.233. The topological polar surface area (TPSA) is 65.9 Å². The second-order valence-electron chi connectivity index (χ2n) is 9.06. The lowest BCUT2D eigenvalue weighted by Crippen LogP contribution is -2.54. The number of piperazine rings is 1. The third kappa shape index (κ3) is 6.33. The van der Waals surface area contributed by atoms with Crippen LogP contribution in [0, 0.1) is 5.92 Å². The molecule has 182 valence electrons. The molecule has 34 heavy (non-hydrogen) atoms. The number of anilines is 1. The fraction of sp³-hybridized carbons (Fsp3) is 0.440. The van der Waals surface area contributed by atoms with Crippen molar-refractivity contribution >= 4 is 55.9 Å². The average Bonchev–Trinajstić information content (AvgIpc) is 3.19. The Kier molecular flexibility index (Phi) is 8.19. The number of rotatable bonds is 9. The fourth-order valence-electron chi connectivity index (χ4n) is 4.37. The minimum Gasteiger partial charge on any atom is -0.491 e. The monoisotopic (exact) mass is 521 g/mol. The van der Waals surface area contributed by atoms with Crippen molar-refractivity contribution in [3.63, 3.8) is 0 Å². The molecule has 1 fully saturated rings. The van der Waals surface area contributed by atoms with Crippen LogP contribution in [0.1, 0.15) is 25.8 Å². The van der Waals surface area contributed by atoms with E-state index < -0.39 is 5.97 Å². The maximum Gasteiger partial charge on any atom is 0.307 e. The third-order valence-electron chi connectivity index (χ3n) is 5.94. The van der Waals surface area contributed by atoms with E-state index in [2.05, 4.69) is 23.6 Å². The fourth-order valence-corrected chi connectivity index (χ4v) is 5.81. The average molecular weight is 522 g/mol. The van der Waals surface area contributed by atoms with Crippen LogP contribution < -0.4 is 9.64 Å². The molecule has 0 aliphatic carbocycles. The van der Waals surface area contributed by atoms with E-state index in [9.17, 15) is 4.79 Å². The molecule has 1 aromatic heterocycles. The van der Waals surface area contributed by atoms with E-state index >= 15 is 0 Å². The highest BCUT2D eigenvalue weighted by Gasteiger charge is 2.29. The van der Waals surface area contributed by atoms with Crippen molar-refractivity contribution in [1.82, 2.24) is 9.88 Å². The molecular weight excluding hydrogens is 493 g/mol. The number of carboxylic acid groups (broad SMARTS) is 1. The standard InChI is InChI=1S/C25H29Cl2N3O3S/c1-16(2)11-19-15-30(25-28-21-6-4-18(26)14-23(21)34-25)8-7-29(19)9-10-33-22-12-17(13-24(31)32)3-5-20(22)27/h3-6,12,14,16,19H,7-11,13,15H2,1-2H3,(H,31,32)/t19-/m0/s1. The number of carbonyl (C=O) groups is 1. The lowest BCUT2D eigenvalue weighted by atomic mass is 10.00. The number of hydrogen-bond acceptors (Lipinski definition) is 6. The predicted octanol–water partition coefficient (Wildman–Crippen LogP) is 5.85. The van der Waals surface area contributed by atoms with Crippen LogP contribution in [-0.4, -0.2) is 59.8 Å². The largest absolute Gasteiger partial charge is 0.491 e. The van der Waals surface area contributed by atoms with Gasteiger partial charge in [0.05, 0.1) is 21.7 Å².